The van der Waals surface area contributed by atoms with E-state index in [0.717, 1.165) is 18.0 Å². The fourth-order valence-corrected chi connectivity index (χ4v) is 2.94. The zero-order valence-corrected chi connectivity index (χ0v) is 11.6. The van der Waals surface area contributed by atoms with Gasteiger partial charge in [-0.05, 0) is 12.8 Å². The van der Waals surface area contributed by atoms with Crippen LogP contribution in [0.3, 0.4) is 0 Å². The largest absolute Gasteiger partial charge is 0.481 e. The molecule has 0 radical (unpaired) electrons. The molecule has 9 heteroatoms. The molecule has 20 heavy (non-hydrogen) atoms. The van der Waals surface area contributed by atoms with E-state index in [1.54, 1.807) is 0 Å². The normalized spacial score (nSPS) is 23.3. The van der Waals surface area contributed by atoms with E-state index in [2.05, 4.69) is 9.36 Å². The van der Waals surface area contributed by atoms with Crippen molar-refractivity contribution < 1.29 is 23.1 Å². The van der Waals surface area contributed by atoms with Crippen molar-refractivity contribution in [3.05, 3.63) is 5.82 Å². The van der Waals surface area contributed by atoms with Gasteiger partial charge in [-0.15, -0.1) is 0 Å². The lowest BCUT2D eigenvalue weighted by Gasteiger charge is -2.26. The minimum Gasteiger partial charge on any atom is -0.481 e. The molecule has 0 saturated carbocycles. The third kappa shape index (κ3) is 2.46. The summed E-state index contributed by atoms with van der Waals surface area (Å²) in [7, 11) is 0. The molecule has 1 aliphatic rings. The minimum absolute atomic E-state index is 0.0204. The highest BCUT2D eigenvalue weighted by Crippen LogP contribution is 2.46. The molecule has 2 rings (SSSR count). The monoisotopic (exact) mass is 309 g/mol. The smallest absolute Gasteiger partial charge is 0.406 e. The second-order valence-electron chi connectivity index (χ2n) is 4.80. The Bertz CT molecular complexity index is 505. The first kappa shape index (κ1) is 15.0. The van der Waals surface area contributed by atoms with Crippen LogP contribution in [0.4, 0.5) is 18.3 Å². The molecule has 5 nitrogen and oxygen atoms in total. The molecule has 112 valence electrons. The maximum absolute atomic E-state index is 13.0. The SMILES string of the molecule is CCCc1nsc(N2CCC(C(=O)O)(C(F)(F)F)C2)n1. The lowest BCUT2D eigenvalue weighted by atomic mass is 9.86. The fraction of sp³-hybridized carbons (Fsp3) is 0.727. The number of hydrogen-bond acceptors (Lipinski definition) is 5. The van der Waals surface area contributed by atoms with E-state index in [-0.39, 0.29) is 6.54 Å². The molecular weight excluding hydrogens is 295 g/mol. The zero-order chi connectivity index (χ0) is 15.0. The van der Waals surface area contributed by atoms with Gasteiger partial charge < -0.3 is 10.0 Å². The average Bonchev–Trinajstić information content (AvgIpc) is 2.93. The van der Waals surface area contributed by atoms with Crippen LogP contribution in [0.25, 0.3) is 0 Å². The molecule has 0 spiro atoms. The van der Waals surface area contributed by atoms with Crippen LogP contribution in [0.1, 0.15) is 25.6 Å². The van der Waals surface area contributed by atoms with Gasteiger partial charge in [-0.3, -0.25) is 4.79 Å². The molecule has 0 amide bonds. The predicted octanol–water partition coefficient (Wildman–Crippen LogP) is 2.33. The van der Waals surface area contributed by atoms with Crippen LogP contribution >= 0.6 is 11.5 Å². The Morgan fingerprint density at radius 3 is 2.75 bits per heavy atom. The van der Waals surface area contributed by atoms with Crippen LogP contribution in [0.5, 0.6) is 0 Å². The summed E-state index contributed by atoms with van der Waals surface area (Å²) in [5.41, 5.74) is -2.70. The van der Waals surface area contributed by atoms with Crippen LogP contribution in [0.2, 0.25) is 0 Å². The van der Waals surface area contributed by atoms with Crippen LogP contribution in [0.15, 0.2) is 0 Å². The Balaban J connectivity index is 2.20. The molecule has 1 atom stereocenters. The van der Waals surface area contributed by atoms with Crippen LogP contribution in [-0.2, 0) is 11.2 Å². The van der Waals surface area contributed by atoms with Gasteiger partial charge in [0.25, 0.3) is 0 Å². The maximum Gasteiger partial charge on any atom is 0.406 e. The quantitative estimate of drug-likeness (QED) is 0.924. The number of aliphatic carboxylic acids is 1. The van der Waals surface area contributed by atoms with Gasteiger partial charge in [0, 0.05) is 31.0 Å². The minimum atomic E-state index is -4.77. The summed E-state index contributed by atoms with van der Waals surface area (Å²) in [6.07, 6.45) is -3.73. The highest BCUT2D eigenvalue weighted by Gasteiger charge is 2.64. The summed E-state index contributed by atoms with van der Waals surface area (Å²) in [5, 5.41) is 9.34. The second-order valence-corrected chi connectivity index (χ2v) is 5.53. The number of aromatic nitrogens is 2. The van der Waals surface area contributed by atoms with Crippen molar-refractivity contribution >= 4 is 22.6 Å². The van der Waals surface area contributed by atoms with Gasteiger partial charge in [0.1, 0.15) is 5.82 Å². The zero-order valence-electron chi connectivity index (χ0n) is 10.8. The summed E-state index contributed by atoms with van der Waals surface area (Å²) in [6, 6.07) is 0. The predicted molar refractivity (Wildman–Crippen MR) is 66.9 cm³/mol. The lowest BCUT2D eigenvalue weighted by Crippen LogP contribution is -2.47. The topological polar surface area (TPSA) is 66.3 Å². The molecule has 2 heterocycles. The Hall–Kier alpha value is -1.38. The Morgan fingerprint density at radius 1 is 1.55 bits per heavy atom. The number of carboxylic acids is 1. The van der Waals surface area contributed by atoms with Crippen molar-refractivity contribution in [1.29, 1.82) is 0 Å². The van der Waals surface area contributed by atoms with E-state index in [1.165, 1.54) is 4.90 Å². The van der Waals surface area contributed by atoms with Gasteiger partial charge in [-0.2, -0.15) is 17.5 Å². The van der Waals surface area contributed by atoms with Crippen molar-refractivity contribution in [3.8, 4) is 0 Å². The molecule has 1 aromatic rings. The van der Waals surface area contributed by atoms with Gasteiger partial charge in [0.15, 0.2) is 5.41 Å². The molecule has 1 unspecified atom stereocenters. The molecule has 1 N–H and O–H groups in total. The van der Waals surface area contributed by atoms with E-state index in [0.29, 0.717) is 17.4 Å². The number of aryl methyl sites for hydroxylation is 1. The van der Waals surface area contributed by atoms with Crippen molar-refractivity contribution in [2.24, 2.45) is 5.41 Å². The van der Waals surface area contributed by atoms with E-state index >= 15 is 0 Å². The number of hydrogen-bond donors (Lipinski definition) is 1. The number of carboxylic acid groups (broad SMARTS) is 1. The number of rotatable bonds is 4. The fourth-order valence-electron chi connectivity index (χ4n) is 2.20. The molecule has 0 aromatic carbocycles. The number of nitrogens with zero attached hydrogens (tertiary/aromatic N) is 3. The number of alkyl halides is 3. The first-order valence-corrected chi connectivity index (χ1v) is 6.95. The summed E-state index contributed by atoms with van der Waals surface area (Å²) in [4.78, 5) is 16.6. The van der Waals surface area contributed by atoms with Crippen LogP contribution < -0.4 is 4.90 Å². The first-order chi connectivity index (χ1) is 9.30. The summed E-state index contributed by atoms with van der Waals surface area (Å²) in [5.74, 6) is -1.24. The number of anilines is 1. The van der Waals surface area contributed by atoms with Crippen molar-refractivity contribution in [1.82, 2.24) is 9.36 Å². The molecule has 1 saturated heterocycles. The highest BCUT2D eigenvalue weighted by atomic mass is 32.1. The van der Waals surface area contributed by atoms with Crippen molar-refractivity contribution in [2.75, 3.05) is 18.0 Å². The van der Waals surface area contributed by atoms with E-state index in [9.17, 15) is 18.0 Å². The summed E-state index contributed by atoms with van der Waals surface area (Å²) < 4.78 is 43.2. The standard InChI is InChI=1S/C11H14F3N3O2S/c1-2-3-7-15-9(20-16-7)17-5-4-10(6-17,8(18)19)11(12,13)14/h2-6H2,1H3,(H,18,19). The second kappa shape index (κ2) is 5.19. The first-order valence-electron chi connectivity index (χ1n) is 6.18. The van der Waals surface area contributed by atoms with Crippen molar-refractivity contribution in [3.63, 3.8) is 0 Å². The molecular formula is C11H14F3N3O2S. The van der Waals surface area contributed by atoms with Gasteiger partial charge >= 0.3 is 12.1 Å². The third-order valence-electron chi connectivity index (χ3n) is 3.42. The van der Waals surface area contributed by atoms with Crippen molar-refractivity contribution in [2.45, 2.75) is 32.4 Å². The molecule has 1 aromatic heterocycles. The van der Waals surface area contributed by atoms with E-state index < -0.39 is 30.5 Å². The van der Waals surface area contributed by atoms with Gasteiger partial charge in [0.05, 0.1) is 0 Å². The Morgan fingerprint density at radius 2 is 2.25 bits per heavy atom. The average molecular weight is 309 g/mol. The lowest BCUT2D eigenvalue weighted by molar-refractivity contribution is -0.225. The molecule has 1 aliphatic heterocycles. The van der Waals surface area contributed by atoms with Crippen LogP contribution in [-0.4, -0.2) is 39.7 Å². The maximum atomic E-state index is 13.0. The van der Waals surface area contributed by atoms with E-state index in [1.807, 2.05) is 6.92 Å². The molecule has 0 aliphatic carbocycles. The molecule has 1 fully saturated rings. The summed E-state index contributed by atoms with van der Waals surface area (Å²) >= 11 is 1.01. The summed E-state index contributed by atoms with van der Waals surface area (Å²) in [6.45, 7) is 1.37. The van der Waals surface area contributed by atoms with Crippen LogP contribution in [0, 0.1) is 5.41 Å². The van der Waals surface area contributed by atoms with Gasteiger partial charge in [-0.25, -0.2) is 4.98 Å². The molecule has 0 bridgehead atoms. The van der Waals surface area contributed by atoms with E-state index in [4.69, 9.17) is 5.11 Å². The Kier molecular flexibility index (Phi) is 3.90. The number of halogens is 3. The van der Waals surface area contributed by atoms with Gasteiger partial charge in [0.2, 0.25) is 5.13 Å². The highest BCUT2D eigenvalue weighted by molar-refractivity contribution is 7.09. The van der Waals surface area contributed by atoms with Gasteiger partial charge in [-0.1, -0.05) is 6.92 Å². The number of carbonyl (C=O) groups is 1. The Labute approximate surface area is 117 Å². The third-order valence-corrected chi connectivity index (χ3v) is 4.24.